The average Bonchev–Trinajstić information content (AvgIpc) is 2.41. The third-order valence-corrected chi connectivity index (χ3v) is 5.91. The summed E-state index contributed by atoms with van der Waals surface area (Å²) in [6, 6.07) is 15.5. The Hall–Kier alpha value is -0.350. The van der Waals surface area contributed by atoms with E-state index < -0.39 is 0 Å². The number of aryl methyl sites for hydroxylation is 1. The van der Waals surface area contributed by atoms with Gasteiger partial charge in [0.2, 0.25) is 0 Å². The standard InChI is InChI=1S/C18H20BrI/c1-12(2)11-14-7-9-15(10-8-14)17(19)16-6-4-5-13(3)18(16)20/h4-10,12,17H,11H2,1-3H3. The molecule has 0 bridgehead atoms. The van der Waals surface area contributed by atoms with Crippen LogP contribution in [0.1, 0.15) is 40.9 Å². The van der Waals surface area contributed by atoms with Crippen molar-refractivity contribution < 1.29 is 0 Å². The molecule has 0 aliphatic heterocycles. The first-order valence-corrected chi connectivity index (χ1v) is 8.96. The van der Waals surface area contributed by atoms with Gasteiger partial charge in [0.15, 0.2) is 0 Å². The maximum absolute atomic E-state index is 3.85. The molecular formula is C18H20BrI. The summed E-state index contributed by atoms with van der Waals surface area (Å²) in [6.07, 6.45) is 1.15. The molecule has 2 rings (SSSR count). The number of hydrogen-bond donors (Lipinski definition) is 0. The van der Waals surface area contributed by atoms with Crippen molar-refractivity contribution in [2.45, 2.75) is 32.0 Å². The van der Waals surface area contributed by atoms with Gasteiger partial charge in [-0.2, -0.15) is 0 Å². The van der Waals surface area contributed by atoms with Gasteiger partial charge in [-0.1, -0.05) is 72.2 Å². The molecule has 2 heteroatoms. The van der Waals surface area contributed by atoms with E-state index in [0.717, 1.165) is 6.42 Å². The largest absolute Gasteiger partial charge is 0.0786 e. The van der Waals surface area contributed by atoms with Crippen LogP contribution in [-0.4, -0.2) is 0 Å². The van der Waals surface area contributed by atoms with E-state index in [0.29, 0.717) is 5.92 Å². The first-order valence-electron chi connectivity index (χ1n) is 6.97. The van der Waals surface area contributed by atoms with Gasteiger partial charge in [0.1, 0.15) is 0 Å². The van der Waals surface area contributed by atoms with Crippen molar-refractivity contribution in [3.05, 3.63) is 68.3 Å². The summed E-state index contributed by atoms with van der Waals surface area (Å²) in [7, 11) is 0. The van der Waals surface area contributed by atoms with Crippen molar-refractivity contribution in [1.29, 1.82) is 0 Å². The van der Waals surface area contributed by atoms with Crippen LogP contribution in [0.25, 0.3) is 0 Å². The normalized spacial score (nSPS) is 12.7. The van der Waals surface area contributed by atoms with E-state index in [1.165, 1.54) is 25.8 Å². The molecule has 0 amide bonds. The van der Waals surface area contributed by atoms with Crippen LogP contribution >= 0.6 is 38.5 Å². The fourth-order valence-electron chi connectivity index (χ4n) is 2.34. The topological polar surface area (TPSA) is 0 Å². The van der Waals surface area contributed by atoms with Gasteiger partial charge >= 0.3 is 0 Å². The molecule has 2 aromatic carbocycles. The Bertz CT molecular complexity index is 572. The van der Waals surface area contributed by atoms with Crippen molar-refractivity contribution in [2.24, 2.45) is 5.92 Å². The average molecular weight is 443 g/mol. The number of hydrogen-bond acceptors (Lipinski definition) is 0. The maximum Gasteiger partial charge on any atom is 0.0655 e. The second kappa shape index (κ2) is 7.08. The molecule has 0 saturated heterocycles. The summed E-state index contributed by atoms with van der Waals surface area (Å²) in [5.41, 5.74) is 5.43. The number of halogens is 2. The van der Waals surface area contributed by atoms with E-state index in [4.69, 9.17) is 0 Å². The van der Waals surface area contributed by atoms with E-state index in [-0.39, 0.29) is 4.83 Å². The molecule has 0 fully saturated rings. The van der Waals surface area contributed by atoms with Gasteiger partial charge in [-0.25, -0.2) is 0 Å². The van der Waals surface area contributed by atoms with Gasteiger partial charge in [-0.3, -0.25) is 0 Å². The summed E-state index contributed by atoms with van der Waals surface area (Å²) < 4.78 is 1.35. The molecule has 0 aliphatic carbocycles. The van der Waals surface area contributed by atoms with E-state index >= 15 is 0 Å². The quantitative estimate of drug-likeness (QED) is 0.386. The molecule has 0 radical (unpaired) electrons. The van der Waals surface area contributed by atoms with Gasteiger partial charge < -0.3 is 0 Å². The maximum atomic E-state index is 3.85. The highest BCUT2D eigenvalue weighted by atomic mass is 127. The minimum absolute atomic E-state index is 0.266. The van der Waals surface area contributed by atoms with Crippen LogP contribution in [0.2, 0.25) is 0 Å². The minimum Gasteiger partial charge on any atom is -0.0786 e. The Morgan fingerprint density at radius 1 is 1.05 bits per heavy atom. The lowest BCUT2D eigenvalue weighted by molar-refractivity contribution is 0.647. The number of benzene rings is 2. The van der Waals surface area contributed by atoms with Gasteiger partial charge in [0, 0.05) is 3.57 Å². The van der Waals surface area contributed by atoms with E-state index in [1.54, 1.807) is 0 Å². The number of alkyl halides is 1. The summed E-state index contributed by atoms with van der Waals surface area (Å²) >= 11 is 6.29. The van der Waals surface area contributed by atoms with Crippen molar-refractivity contribution >= 4 is 38.5 Å². The zero-order valence-corrected chi connectivity index (χ0v) is 15.9. The Balaban J connectivity index is 2.25. The third-order valence-electron chi connectivity index (χ3n) is 3.41. The molecular weight excluding hydrogens is 423 g/mol. The first kappa shape index (κ1) is 16.0. The molecule has 0 aromatic heterocycles. The molecule has 106 valence electrons. The molecule has 0 N–H and O–H groups in total. The fraction of sp³-hybridized carbons (Fsp3) is 0.333. The molecule has 2 aromatic rings. The van der Waals surface area contributed by atoms with Gasteiger partial charge in [-0.05, 0) is 64.1 Å². The smallest absolute Gasteiger partial charge is 0.0655 e. The van der Waals surface area contributed by atoms with E-state index in [9.17, 15) is 0 Å². The Morgan fingerprint density at radius 2 is 1.70 bits per heavy atom. The molecule has 0 spiro atoms. The summed E-state index contributed by atoms with van der Waals surface area (Å²) in [5, 5.41) is 0. The van der Waals surface area contributed by atoms with Crippen LogP contribution in [0.5, 0.6) is 0 Å². The molecule has 1 atom stereocenters. The molecule has 0 nitrogen and oxygen atoms in total. The van der Waals surface area contributed by atoms with Crippen LogP contribution in [0.3, 0.4) is 0 Å². The van der Waals surface area contributed by atoms with Gasteiger partial charge in [0.05, 0.1) is 4.83 Å². The predicted octanol–water partition coefficient (Wildman–Crippen LogP) is 6.28. The SMILES string of the molecule is Cc1cccc(C(Br)c2ccc(CC(C)C)cc2)c1I. The lowest BCUT2D eigenvalue weighted by Crippen LogP contribution is -1.99. The van der Waals surface area contributed by atoms with Gasteiger partial charge in [-0.15, -0.1) is 0 Å². The Kier molecular flexibility index (Phi) is 5.67. The van der Waals surface area contributed by atoms with Crippen molar-refractivity contribution in [3.8, 4) is 0 Å². The highest BCUT2D eigenvalue weighted by Crippen LogP contribution is 2.34. The van der Waals surface area contributed by atoms with Crippen LogP contribution in [0.15, 0.2) is 42.5 Å². The summed E-state index contributed by atoms with van der Waals surface area (Å²) in [4.78, 5) is 0.266. The molecule has 20 heavy (non-hydrogen) atoms. The molecule has 1 unspecified atom stereocenters. The number of rotatable bonds is 4. The van der Waals surface area contributed by atoms with Crippen LogP contribution < -0.4 is 0 Å². The lowest BCUT2D eigenvalue weighted by Gasteiger charge is -2.15. The highest BCUT2D eigenvalue weighted by Gasteiger charge is 2.14. The lowest BCUT2D eigenvalue weighted by atomic mass is 9.98. The monoisotopic (exact) mass is 442 g/mol. The zero-order chi connectivity index (χ0) is 14.7. The first-order chi connectivity index (χ1) is 9.49. The van der Waals surface area contributed by atoms with Crippen LogP contribution in [-0.2, 0) is 6.42 Å². The Labute approximate surface area is 144 Å². The predicted molar refractivity (Wildman–Crippen MR) is 99.7 cm³/mol. The molecule has 0 aliphatic rings. The fourth-order valence-corrected chi connectivity index (χ4v) is 4.13. The van der Waals surface area contributed by atoms with Crippen molar-refractivity contribution in [3.63, 3.8) is 0 Å². The second-order valence-corrected chi connectivity index (χ2v) is 7.67. The van der Waals surface area contributed by atoms with E-state index in [2.05, 4.69) is 102 Å². The third kappa shape index (κ3) is 3.85. The van der Waals surface area contributed by atoms with Gasteiger partial charge in [0.25, 0.3) is 0 Å². The van der Waals surface area contributed by atoms with Crippen LogP contribution in [0, 0.1) is 16.4 Å². The second-order valence-electron chi connectivity index (χ2n) is 5.68. The molecule has 0 heterocycles. The summed E-state index contributed by atoms with van der Waals surface area (Å²) in [6.45, 7) is 6.68. The van der Waals surface area contributed by atoms with Crippen molar-refractivity contribution in [1.82, 2.24) is 0 Å². The minimum atomic E-state index is 0.266. The zero-order valence-electron chi connectivity index (χ0n) is 12.2. The van der Waals surface area contributed by atoms with E-state index in [1.807, 2.05) is 0 Å². The van der Waals surface area contributed by atoms with Crippen LogP contribution in [0.4, 0.5) is 0 Å². The molecule has 0 saturated carbocycles. The highest BCUT2D eigenvalue weighted by molar-refractivity contribution is 14.1. The summed E-state index contributed by atoms with van der Waals surface area (Å²) in [5.74, 6) is 0.707. The van der Waals surface area contributed by atoms with Crippen molar-refractivity contribution in [2.75, 3.05) is 0 Å². The Morgan fingerprint density at radius 3 is 2.30 bits per heavy atom.